The highest BCUT2D eigenvalue weighted by molar-refractivity contribution is 5.94. The van der Waals surface area contributed by atoms with Gasteiger partial charge in [-0.1, -0.05) is 48.5 Å². The van der Waals surface area contributed by atoms with Crippen LogP contribution in [0.25, 0.3) is 11.1 Å². The maximum absolute atomic E-state index is 12.4. The molecule has 0 aromatic heterocycles. The average Bonchev–Trinajstić information content (AvgIpc) is 2.68. The fraction of sp³-hybridized carbons (Fsp3) is 0.381. The summed E-state index contributed by atoms with van der Waals surface area (Å²) in [5, 5.41) is 6.12. The zero-order valence-corrected chi connectivity index (χ0v) is 14.4. The Labute approximate surface area is 149 Å². The summed E-state index contributed by atoms with van der Waals surface area (Å²) in [7, 11) is 0. The van der Waals surface area contributed by atoms with Gasteiger partial charge in [0.05, 0.1) is 5.69 Å². The second-order valence-corrected chi connectivity index (χ2v) is 7.14. The number of carbonyl (C=O) groups is 1. The van der Waals surface area contributed by atoms with Crippen molar-refractivity contribution in [3.05, 3.63) is 54.6 Å². The van der Waals surface area contributed by atoms with Crippen molar-refractivity contribution in [2.45, 2.75) is 12.8 Å². The van der Waals surface area contributed by atoms with E-state index in [0.29, 0.717) is 5.92 Å². The standard InChI is InChI=1S/C21H25N3O/c25-21(22-14-18-15-24-12-10-16(18)11-13-24)23-20-9-5-4-8-19(20)17-6-2-1-3-7-17/h1-9,16,18H,10-15H2,(H2,22,23,25). The molecule has 130 valence electrons. The third-order valence-corrected chi connectivity index (χ3v) is 5.58. The summed E-state index contributed by atoms with van der Waals surface area (Å²) in [6, 6.07) is 18.0. The van der Waals surface area contributed by atoms with E-state index in [1.54, 1.807) is 0 Å². The average molecular weight is 335 g/mol. The Morgan fingerprint density at radius 3 is 2.44 bits per heavy atom. The number of piperidine rings is 3. The lowest BCUT2D eigenvalue weighted by Gasteiger charge is -2.44. The smallest absolute Gasteiger partial charge is 0.319 e. The van der Waals surface area contributed by atoms with Crippen molar-refractivity contribution >= 4 is 11.7 Å². The molecule has 2 N–H and O–H groups in total. The largest absolute Gasteiger partial charge is 0.338 e. The Morgan fingerprint density at radius 2 is 1.72 bits per heavy atom. The van der Waals surface area contributed by atoms with Gasteiger partial charge in [0.2, 0.25) is 0 Å². The molecule has 1 unspecified atom stereocenters. The molecule has 3 aliphatic heterocycles. The van der Waals surface area contributed by atoms with Crippen molar-refractivity contribution in [2.24, 2.45) is 11.8 Å². The minimum Gasteiger partial charge on any atom is -0.338 e. The first-order chi connectivity index (χ1) is 12.3. The number of nitrogens with one attached hydrogen (secondary N) is 2. The van der Waals surface area contributed by atoms with E-state index in [-0.39, 0.29) is 6.03 Å². The van der Waals surface area contributed by atoms with E-state index >= 15 is 0 Å². The number of anilines is 1. The van der Waals surface area contributed by atoms with E-state index < -0.39 is 0 Å². The molecule has 3 aliphatic rings. The van der Waals surface area contributed by atoms with Crippen LogP contribution < -0.4 is 10.6 Å². The highest BCUT2D eigenvalue weighted by Crippen LogP contribution is 2.32. The maximum Gasteiger partial charge on any atom is 0.319 e. The Morgan fingerprint density at radius 1 is 1.00 bits per heavy atom. The normalized spacial score (nSPS) is 24.7. The summed E-state index contributed by atoms with van der Waals surface area (Å²) in [5.74, 6) is 1.37. The fourth-order valence-corrected chi connectivity index (χ4v) is 4.17. The summed E-state index contributed by atoms with van der Waals surface area (Å²) in [6.45, 7) is 4.36. The van der Waals surface area contributed by atoms with E-state index in [1.807, 2.05) is 42.5 Å². The molecule has 4 heteroatoms. The number of carbonyl (C=O) groups excluding carboxylic acids is 1. The van der Waals surface area contributed by atoms with Crippen LogP contribution in [0, 0.1) is 11.8 Å². The van der Waals surface area contributed by atoms with Gasteiger partial charge in [0.25, 0.3) is 0 Å². The molecule has 25 heavy (non-hydrogen) atoms. The predicted molar refractivity (Wildman–Crippen MR) is 102 cm³/mol. The van der Waals surface area contributed by atoms with Gasteiger partial charge in [0.15, 0.2) is 0 Å². The summed E-state index contributed by atoms with van der Waals surface area (Å²) >= 11 is 0. The van der Waals surface area contributed by atoms with Crippen LogP contribution in [0.5, 0.6) is 0 Å². The van der Waals surface area contributed by atoms with Crippen LogP contribution in [0.15, 0.2) is 54.6 Å². The molecule has 2 aromatic carbocycles. The number of amides is 2. The Bertz CT molecular complexity index is 723. The van der Waals surface area contributed by atoms with Crippen LogP contribution in [-0.2, 0) is 0 Å². The molecule has 3 saturated heterocycles. The number of hydrogen-bond donors (Lipinski definition) is 2. The van der Waals surface area contributed by atoms with Crippen LogP contribution in [-0.4, -0.2) is 37.1 Å². The zero-order chi connectivity index (χ0) is 17.1. The second-order valence-electron chi connectivity index (χ2n) is 7.14. The lowest BCUT2D eigenvalue weighted by Crippen LogP contribution is -2.51. The lowest BCUT2D eigenvalue weighted by atomic mass is 9.79. The third-order valence-electron chi connectivity index (χ3n) is 5.58. The highest BCUT2D eigenvalue weighted by atomic mass is 16.2. The van der Waals surface area contributed by atoms with E-state index in [1.165, 1.54) is 25.9 Å². The third kappa shape index (κ3) is 3.69. The Hall–Kier alpha value is -2.33. The zero-order valence-electron chi connectivity index (χ0n) is 14.4. The van der Waals surface area contributed by atoms with Crippen molar-refractivity contribution in [1.29, 1.82) is 0 Å². The first kappa shape index (κ1) is 16.2. The lowest BCUT2D eigenvalue weighted by molar-refractivity contribution is 0.0525. The van der Waals surface area contributed by atoms with Crippen LogP contribution in [0.4, 0.5) is 10.5 Å². The van der Waals surface area contributed by atoms with Crippen LogP contribution in [0.2, 0.25) is 0 Å². The van der Waals surface area contributed by atoms with Crippen molar-refractivity contribution in [3.63, 3.8) is 0 Å². The molecular formula is C21H25N3O. The minimum absolute atomic E-state index is 0.111. The van der Waals surface area contributed by atoms with Gasteiger partial charge in [-0.15, -0.1) is 0 Å². The van der Waals surface area contributed by atoms with Crippen molar-refractivity contribution in [2.75, 3.05) is 31.5 Å². The first-order valence-electron chi connectivity index (χ1n) is 9.21. The van der Waals surface area contributed by atoms with E-state index in [2.05, 4.69) is 27.7 Å². The van der Waals surface area contributed by atoms with Gasteiger partial charge in [-0.3, -0.25) is 0 Å². The molecule has 5 rings (SSSR count). The van der Waals surface area contributed by atoms with Crippen LogP contribution in [0.3, 0.4) is 0 Å². The minimum atomic E-state index is -0.111. The molecule has 0 radical (unpaired) electrons. The monoisotopic (exact) mass is 335 g/mol. The summed E-state index contributed by atoms with van der Waals surface area (Å²) < 4.78 is 0. The number of rotatable bonds is 4. The number of fused-ring (bicyclic) bond motifs is 3. The Kier molecular flexibility index (Phi) is 4.70. The van der Waals surface area contributed by atoms with E-state index in [0.717, 1.165) is 35.8 Å². The van der Waals surface area contributed by atoms with Gasteiger partial charge in [-0.05, 0) is 49.4 Å². The van der Waals surface area contributed by atoms with Gasteiger partial charge in [0.1, 0.15) is 0 Å². The molecule has 2 bridgehead atoms. The summed E-state index contributed by atoms with van der Waals surface area (Å²) in [6.07, 6.45) is 2.57. The number of hydrogen-bond acceptors (Lipinski definition) is 2. The predicted octanol–water partition coefficient (Wildman–Crippen LogP) is 3.82. The Balaban J connectivity index is 1.38. The highest BCUT2D eigenvalue weighted by Gasteiger charge is 2.33. The maximum atomic E-state index is 12.4. The molecule has 0 aliphatic carbocycles. The number of benzene rings is 2. The van der Waals surface area contributed by atoms with Crippen LogP contribution in [0.1, 0.15) is 12.8 Å². The molecule has 1 atom stereocenters. The van der Waals surface area contributed by atoms with Gasteiger partial charge in [-0.25, -0.2) is 4.79 Å². The molecule has 2 aromatic rings. The van der Waals surface area contributed by atoms with Gasteiger partial charge in [-0.2, -0.15) is 0 Å². The van der Waals surface area contributed by atoms with Crippen molar-refractivity contribution in [1.82, 2.24) is 10.2 Å². The van der Waals surface area contributed by atoms with Gasteiger partial charge >= 0.3 is 6.03 Å². The van der Waals surface area contributed by atoms with Crippen molar-refractivity contribution < 1.29 is 4.79 Å². The van der Waals surface area contributed by atoms with Gasteiger partial charge in [0, 0.05) is 18.7 Å². The number of para-hydroxylation sites is 1. The van der Waals surface area contributed by atoms with Crippen LogP contribution >= 0.6 is 0 Å². The SMILES string of the molecule is O=C(NCC1CN2CCC1CC2)Nc1ccccc1-c1ccccc1. The number of nitrogens with zero attached hydrogens (tertiary/aromatic N) is 1. The van der Waals surface area contributed by atoms with E-state index in [4.69, 9.17) is 0 Å². The van der Waals surface area contributed by atoms with Gasteiger partial charge < -0.3 is 15.5 Å². The topological polar surface area (TPSA) is 44.4 Å². The molecule has 3 heterocycles. The second kappa shape index (κ2) is 7.28. The molecule has 0 saturated carbocycles. The molecular weight excluding hydrogens is 310 g/mol. The fourth-order valence-electron chi connectivity index (χ4n) is 4.17. The summed E-state index contributed by atoms with van der Waals surface area (Å²) in [5.41, 5.74) is 3.00. The summed E-state index contributed by atoms with van der Waals surface area (Å²) in [4.78, 5) is 14.9. The molecule has 2 amide bonds. The van der Waals surface area contributed by atoms with Crippen molar-refractivity contribution in [3.8, 4) is 11.1 Å². The first-order valence-corrected chi connectivity index (χ1v) is 9.21. The number of urea groups is 1. The molecule has 3 fully saturated rings. The van der Waals surface area contributed by atoms with E-state index in [9.17, 15) is 4.79 Å². The molecule has 0 spiro atoms. The molecule has 4 nitrogen and oxygen atoms in total. The quantitative estimate of drug-likeness (QED) is 0.892.